The first kappa shape index (κ1) is 20.0. The monoisotopic (exact) mass is 380 g/mol. The van der Waals surface area contributed by atoms with Crippen LogP contribution in [-0.4, -0.2) is 30.5 Å². The van der Waals surface area contributed by atoms with E-state index in [1.165, 1.54) is 19.2 Å². The number of para-hydroxylation sites is 1. The molecule has 0 aliphatic carbocycles. The number of carbonyl (C=O) groups is 1. The maximum atomic E-state index is 12.7. The second kappa shape index (κ2) is 8.41. The van der Waals surface area contributed by atoms with Crippen LogP contribution in [0.5, 0.6) is 0 Å². The molecule has 144 valence electrons. The molecule has 2 aromatic rings. The summed E-state index contributed by atoms with van der Waals surface area (Å²) in [4.78, 5) is 11.3. The van der Waals surface area contributed by atoms with Crippen molar-refractivity contribution in [3.05, 3.63) is 59.7 Å². The molecule has 1 amide bonds. The number of alkyl halides is 3. The average molecular weight is 380 g/mol. The number of amides is 1. The van der Waals surface area contributed by atoms with Crippen LogP contribution in [0, 0.1) is 0 Å². The Bertz CT molecular complexity index is 820. The highest BCUT2D eigenvalue weighted by Crippen LogP contribution is 2.30. The second-order valence-electron chi connectivity index (χ2n) is 5.50. The molecule has 0 saturated heterocycles. The number of carbonyl (C=O) groups excluding carboxylic acids is 1. The molecule has 0 aliphatic rings. The van der Waals surface area contributed by atoms with Crippen molar-refractivity contribution in [1.29, 1.82) is 0 Å². The summed E-state index contributed by atoms with van der Waals surface area (Å²) in [7, 11) is 1.46. The number of hydrogen-bond donors (Lipinski definition) is 4. The van der Waals surface area contributed by atoms with Gasteiger partial charge in [0.25, 0.3) is 0 Å². The van der Waals surface area contributed by atoms with Gasteiger partial charge in [-0.3, -0.25) is 4.79 Å². The molecule has 0 radical (unpaired) electrons. The van der Waals surface area contributed by atoms with Gasteiger partial charge < -0.3 is 16.4 Å². The largest absolute Gasteiger partial charge is 0.416 e. The number of hydrogen-bond acceptors (Lipinski definition) is 5. The maximum Gasteiger partial charge on any atom is 0.416 e. The predicted molar refractivity (Wildman–Crippen MR) is 96.9 cm³/mol. The number of nitrogens with two attached hydrogens (primary N) is 2. The zero-order valence-corrected chi connectivity index (χ0v) is 14.4. The van der Waals surface area contributed by atoms with Crippen molar-refractivity contribution in [2.45, 2.75) is 6.18 Å². The van der Waals surface area contributed by atoms with E-state index < -0.39 is 11.7 Å². The number of amidine groups is 1. The van der Waals surface area contributed by atoms with E-state index in [1.54, 1.807) is 24.3 Å². The lowest BCUT2D eigenvalue weighted by atomic mass is 10.1. The van der Waals surface area contributed by atoms with Gasteiger partial charge in [-0.1, -0.05) is 12.1 Å². The number of benzene rings is 2. The SMILES string of the molecule is CNC(=O)CN(N)/N=C(\N)c1ccccc1Nc1ccc(C(F)(F)F)cc1. The van der Waals surface area contributed by atoms with Gasteiger partial charge in [-0.15, -0.1) is 5.10 Å². The van der Waals surface area contributed by atoms with E-state index in [4.69, 9.17) is 11.6 Å². The third kappa shape index (κ3) is 5.61. The van der Waals surface area contributed by atoms with Crippen LogP contribution in [0.15, 0.2) is 53.6 Å². The fourth-order valence-corrected chi connectivity index (χ4v) is 2.17. The first-order valence-corrected chi connectivity index (χ1v) is 7.81. The Balaban J connectivity index is 2.21. The molecule has 0 fully saturated rings. The Hall–Kier alpha value is -3.27. The van der Waals surface area contributed by atoms with Crippen molar-refractivity contribution in [3.63, 3.8) is 0 Å². The molecule has 0 unspecified atom stereocenters. The number of rotatable bonds is 6. The lowest BCUT2D eigenvalue weighted by molar-refractivity contribution is -0.137. The van der Waals surface area contributed by atoms with Crippen LogP contribution in [0.2, 0.25) is 0 Å². The zero-order chi connectivity index (χ0) is 20.0. The van der Waals surface area contributed by atoms with Crippen molar-refractivity contribution >= 4 is 23.1 Å². The topological polar surface area (TPSA) is 109 Å². The van der Waals surface area contributed by atoms with Crippen LogP contribution >= 0.6 is 0 Å². The van der Waals surface area contributed by atoms with E-state index in [1.807, 2.05) is 0 Å². The second-order valence-corrected chi connectivity index (χ2v) is 5.50. The van der Waals surface area contributed by atoms with Gasteiger partial charge in [0.15, 0.2) is 5.84 Å². The number of hydrazone groups is 1. The van der Waals surface area contributed by atoms with E-state index in [0.717, 1.165) is 17.3 Å². The Labute approximate surface area is 153 Å². The summed E-state index contributed by atoms with van der Waals surface area (Å²) >= 11 is 0. The number of nitrogens with zero attached hydrogens (tertiary/aromatic N) is 2. The first-order chi connectivity index (χ1) is 12.7. The molecule has 0 heterocycles. The van der Waals surface area contributed by atoms with E-state index in [0.29, 0.717) is 16.9 Å². The third-order valence-electron chi connectivity index (χ3n) is 3.51. The zero-order valence-electron chi connectivity index (χ0n) is 14.4. The van der Waals surface area contributed by atoms with Gasteiger partial charge in [0.2, 0.25) is 5.91 Å². The summed E-state index contributed by atoms with van der Waals surface area (Å²) in [6, 6.07) is 11.4. The van der Waals surface area contributed by atoms with Gasteiger partial charge in [-0.05, 0) is 36.4 Å². The lowest BCUT2D eigenvalue weighted by Gasteiger charge is -2.15. The number of hydrazine groups is 1. The molecule has 2 aromatic carbocycles. The van der Waals surface area contributed by atoms with Crippen LogP contribution in [-0.2, 0) is 11.0 Å². The molecule has 0 aliphatic heterocycles. The van der Waals surface area contributed by atoms with Crippen LogP contribution in [0.25, 0.3) is 0 Å². The Morgan fingerprint density at radius 2 is 1.78 bits per heavy atom. The summed E-state index contributed by atoms with van der Waals surface area (Å²) < 4.78 is 38.0. The van der Waals surface area contributed by atoms with Crippen molar-refractivity contribution in [1.82, 2.24) is 10.4 Å². The van der Waals surface area contributed by atoms with E-state index in [2.05, 4.69) is 15.7 Å². The number of halogens is 3. The minimum atomic E-state index is -4.40. The molecule has 0 bridgehead atoms. The summed E-state index contributed by atoms with van der Waals surface area (Å²) in [5.41, 5.74) is 6.66. The van der Waals surface area contributed by atoms with Gasteiger partial charge in [-0.2, -0.15) is 13.2 Å². The average Bonchev–Trinajstić information content (AvgIpc) is 2.61. The minimum absolute atomic E-state index is 0.0383. The summed E-state index contributed by atoms with van der Waals surface area (Å²) in [5.74, 6) is 5.32. The highest BCUT2D eigenvalue weighted by molar-refractivity contribution is 6.02. The van der Waals surface area contributed by atoms with E-state index in [-0.39, 0.29) is 18.3 Å². The van der Waals surface area contributed by atoms with E-state index in [9.17, 15) is 18.0 Å². The van der Waals surface area contributed by atoms with Crippen molar-refractivity contribution in [2.75, 3.05) is 18.9 Å². The molecule has 2 rings (SSSR count). The molecule has 7 nitrogen and oxygen atoms in total. The van der Waals surface area contributed by atoms with Gasteiger partial charge in [-0.25, -0.2) is 11.0 Å². The summed E-state index contributed by atoms with van der Waals surface area (Å²) in [6.07, 6.45) is -4.40. The van der Waals surface area contributed by atoms with Crippen molar-refractivity contribution in [2.24, 2.45) is 16.7 Å². The van der Waals surface area contributed by atoms with Gasteiger partial charge >= 0.3 is 6.18 Å². The number of nitrogens with one attached hydrogen (secondary N) is 2. The van der Waals surface area contributed by atoms with E-state index >= 15 is 0 Å². The molecule has 10 heteroatoms. The third-order valence-corrected chi connectivity index (χ3v) is 3.51. The quantitative estimate of drug-likeness (QED) is 0.265. The summed E-state index contributed by atoms with van der Waals surface area (Å²) in [5, 5.41) is 10.2. The fourth-order valence-electron chi connectivity index (χ4n) is 2.17. The molecule has 0 spiro atoms. The minimum Gasteiger partial charge on any atom is -0.382 e. The molecular weight excluding hydrogens is 361 g/mol. The van der Waals surface area contributed by atoms with Crippen molar-refractivity contribution in [3.8, 4) is 0 Å². The van der Waals surface area contributed by atoms with Crippen LogP contribution < -0.4 is 22.2 Å². The summed E-state index contributed by atoms with van der Waals surface area (Å²) in [6.45, 7) is -0.189. The standard InChI is InChI=1S/C17H19F3N6O/c1-23-15(27)10-26(22)25-16(21)13-4-2-3-5-14(13)24-12-8-6-11(7-9-12)17(18,19)20/h2-9,24H,10,22H2,1H3,(H2,21,25)(H,23,27). The normalized spacial score (nSPS) is 11.8. The van der Waals surface area contributed by atoms with Crippen LogP contribution in [0.3, 0.4) is 0 Å². The first-order valence-electron chi connectivity index (χ1n) is 7.81. The molecular formula is C17H19F3N6O. The number of likely N-dealkylation sites (N-methyl/N-ethyl adjacent to an activating group) is 1. The highest BCUT2D eigenvalue weighted by Gasteiger charge is 2.29. The molecule has 0 saturated carbocycles. The molecule has 6 N–H and O–H groups in total. The van der Waals surface area contributed by atoms with Crippen molar-refractivity contribution < 1.29 is 18.0 Å². The number of anilines is 2. The molecule has 0 atom stereocenters. The Morgan fingerprint density at radius 1 is 1.15 bits per heavy atom. The molecule has 0 aromatic heterocycles. The smallest absolute Gasteiger partial charge is 0.382 e. The fraction of sp³-hybridized carbons (Fsp3) is 0.176. The predicted octanol–water partition coefficient (Wildman–Crippen LogP) is 1.99. The van der Waals surface area contributed by atoms with Gasteiger partial charge in [0, 0.05) is 24.0 Å². The maximum absolute atomic E-state index is 12.7. The molecule has 27 heavy (non-hydrogen) atoms. The van der Waals surface area contributed by atoms with Gasteiger partial charge in [0.05, 0.1) is 5.56 Å². The van der Waals surface area contributed by atoms with Gasteiger partial charge in [0.1, 0.15) is 6.54 Å². The van der Waals surface area contributed by atoms with Crippen LogP contribution in [0.1, 0.15) is 11.1 Å². The Kier molecular flexibility index (Phi) is 6.24. The Morgan fingerprint density at radius 3 is 2.37 bits per heavy atom. The highest BCUT2D eigenvalue weighted by atomic mass is 19.4. The van der Waals surface area contributed by atoms with Crippen LogP contribution in [0.4, 0.5) is 24.5 Å². The lowest BCUT2D eigenvalue weighted by Crippen LogP contribution is -2.38.